The molecule has 1 N–H and O–H groups in total. The molecule has 1 aliphatic rings. The fourth-order valence-corrected chi connectivity index (χ4v) is 3.63. The molecule has 2 aromatic rings. The number of carbonyl (C=O) groups excluding carboxylic acids is 3. The van der Waals surface area contributed by atoms with Crippen molar-refractivity contribution in [3.05, 3.63) is 60.2 Å². The van der Waals surface area contributed by atoms with Crippen LogP contribution >= 0.6 is 0 Å². The average molecular weight is 455 g/mol. The molecule has 0 saturated carbocycles. The SMILES string of the molecule is COC(=O)[C@@H]1C[C@@H](Oc2ccc(C)cc2)CN1C(=O)CNC(=O)CCCOc1ccccc1. The zero-order chi connectivity index (χ0) is 23.6. The number of hydrogen-bond acceptors (Lipinski definition) is 6. The topological polar surface area (TPSA) is 94.2 Å². The molecule has 2 amide bonds. The van der Waals surface area contributed by atoms with Gasteiger partial charge in [0.05, 0.1) is 26.8 Å². The van der Waals surface area contributed by atoms with E-state index in [1.807, 2.05) is 61.5 Å². The van der Waals surface area contributed by atoms with Crippen LogP contribution in [0.4, 0.5) is 0 Å². The lowest BCUT2D eigenvalue weighted by Crippen LogP contribution is -2.46. The highest BCUT2D eigenvalue weighted by molar-refractivity contribution is 5.89. The van der Waals surface area contributed by atoms with Gasteiger partial charge < -0.3 is 24.4 Å². The number of hydrogen-bond donors (Lipinski definition) is 1. The van der Waals surface area contributed by atoms with Crippen LogP contribution in [0.3, 0.4) is 0 Å². The molecule has 2 aromatic carbocycles. The minimum Gasteiger partial charge on any atom is -0.494 e. The van der Waals surface area contributed by atoms with Gasteiger partial charge in [0.15, 0.2) is 0 Å². The van der Waals surface area contributed by atoms with E-state index in [-0.39, 0.29) is 37.4 Å². The molecular formula is C25H30N2O6. The third kappa shape index (κ3) is 7.24. The van der Waals surface area contributed by atoms with Gasteiger partial charge in [0, 0.05) is 12.8 Å². The van der Waals surface area contributed by atoms with Gasteiger partial charge in [-0.05, 0) is 37.6 Å². The van der Waals surface area contributed by atoms with Gasteiger partial charge in [-0.1, -0.05) is 35.9 Å². The Kier molecular flexibility index (Phi) is 8.69. The van der Waals surface area contributed by atoms with E-state index < -0.39 is 12.0 Å². The summed E-state index contributed by atoms with van der Waals surface area (Å²) in [6.45, 7) is 2.44. The Bertz CT molecular complexity index is 932. The number of methoxy groups -OCH3 is 1. The molecule has 0 unspecified atom stereocenters. The highest BCUT2D eigenvalue weighted by Crippen LogP contribution is 2.24. The van der Waals surface area contributed by atoms with Crippen LogP contribution in [0.1, 0.15) is 24.8 Å². The zero-order valence-electron chi connectivity index (χ0n) is 19.0. The van der Waals surface area contributed by atoms with Gasteiger partial charge in [0.2, 0.25) is 11.8 Å². The summed E-state index contributed by atoms with van der Waals surface area (Å²) < 4.78 is 16.4. The Morgan fingerprint density at radius 2 is 1.76 bits per heavy atom. The van der Waals surface area contributed by atoms with Crippen molar-refractivity contribution < 1.29 is 28.6 Å². The fraction of sp³-hybridized carbons (Fsp3) is 0.400. The minimum absolute atomic E-state index is 0.191. The number of likely N-dealkylation sites (tertiary alicyclic amines) is 1. The molecule has 1 saturated heterocycles. The third-order valence-electron chi connectivity index (χ3n) is 5.38. The molecule has 2 atom stereocenters. The number of rotatable bonds is 10. The molecule has 33 heavy (non-hydrogen) atoms. The fourth-order valence-electron chi connectivity index (χ4n) is 3.63. The van der Waals surface area contributed by atoms with Crippen molar-refractivity contribution in [2.45, 2.75) is 38.3 Å². The molecule has 8 nitrogen and oxygen atoms in total. The number of amides is 2. The highest BCUT2D eigenvalue weighted by Gasteiger charge is 2.41. The summed E-state index contributed by atoms with van der Waals surface area (Å²) in [5.74, 6) is 0.325. The first-order chi connectivity index (χ1) is 16.0. The molecule has 1 fully saturated rings. The molecular weight excluding hydrogens is 424 g/mol. The molecule has 0 aromatic heterocycles. The van der Waals surface area contributed by atoms with E-state index in [4.69, 9.17) is 14.2 Å². The quantitative estimate of drug-likeness (QED) is 0.438. The van der Waals surface area contributed by atoms with Gasteiger partial charge in [0.1, 0.15) is 23.6 Å². The van der Waals surface area contributed by atoms with E-state index in [9.17, 15) is 14.4 Å². The van der Waals surface area contributed by atoms with Crippen LogP contribution in [-0.2, 0) is 19.1 Å². The Hall–Kier alpha value is -3.55. The van der Waals surface area contributed by atoms with Crippen molar-refractivity contribution in [2.75, 3.05) is 26.8 Å². The minimum atomic E-state index is -0.742. The summed E-state index contributed by atoms with van der Waals surface area (Å²) in [5, 5.41) is 2.63. The van der Waals surface area contributed by atoms with Crippen LogP contribution in [0, 0.1) is 6.92 Å². The molecule has 176 valence electrons. The van der Waals surface area contributed by atoms with Gasteiger partial charge >= 0.3 is 5.97 Å². The number of nitrogens with zero attached hydrogens (tertiary/aromatic N) is 1. The van der Waals surface area contributed by atoms with Crippen molar-refractivity contribution in [1.82, 2.24) is 10.2 Å². The molecule has 1 aliphatic heterocycles. The lowest BCUT2D eigenvalue weighted by molar-refractivity contribution is -0.150. The number of ether oxygens (including phenoxy) is 3. The van der Waals surface area contributed by atoms with E-state index in [1.165, 1.54) is 12.0 Å². The van der Waals surface area contributed by atoms with Crippen LogP contribution in [0.5, 0.6) is 11.5 Å². The number of benzene rings is 2. The summed E-state index contributed by atoms with van der Waals surface area (Å²) in [4.78, 5) is 38.5. The second-order valence-corrected chi connectivity index (χ2v) is 7.92. The smallest absolute Gasteiger partial charge is 0.328 e. The summed E-state index contributed by atoms with van der Waals surface area (Å²) in [5.41, 5.74) is 1.11. The van der Waals surface area contributed by atoms with Crippen LogP contribution in [0.2, 0.25) is 0 Å². The number of nitrogens with one attached hydrogen (secondary N) is 1. The van der Waals surface area contributed by atoms with E-state index in [2.05, 4.69) is 5.32 Å². The van der Waals surface area contributed by atoms with Crippen molar-refractivity contribution >= 4 is 17.8 Å². The second kappa shape index (κ2) is 11.9. The van der Waals surface area contributed by atoms with Crippen LogP contribution in [0.25, 0.3) is 0 Å². The number of aryl methyl sites for hydroxylation is 1. The van der Waals surface area contributed by atoms with Crippen LogP contribution in [-0.4, -0.2) is 61.6 Å². The largest absolute Gasteiger partial charge is 0.494 e. The summed E-state index contributed by atoms with van der Waals surface area (Å²) in [6, 6.07) is 16.2. The van der Waals surface area contributed by atoms with Crippen molar-refractivity contribution in [2.24, 2.45) is 0 Å². The maximum absolute atomic E-state index is 12.8. The lowest BCUT2D eigenvalue weighted by atomic mass is 10.2. The summed E-state index contributed by atoms with van der Waals surface area (Å²) in [7, 11) is 1.29. The van der Waals surface area contributed by atoms with Crippen LogP contribution < -0.4 is 14.8 Å². The molecule has 0 spiro atoms. The maximum atomic E-state index is 12.8. The van der Waals surface area contributed by atoms with Crippen LogP contribution in [0.15, 0.2) is 54.6 Å². The summed E-state index contributed by atoms with van der Waals surface area (Å²) >= 11 is 0. The second-order valence-electron chi connectivity index (χ2n) is 7.92. The first-order valence-corrected chi connectivity index (χ1v) is 11.0. The molecule has 0 bridgehead atoms. The van der Waals surface area contributed by atoms with E-state index in [0.29, 0.717) is 25.2 Å². The Balaban J connectivity index is 1.45. The first-order valence-electron chi connectivity index (χ1n) is 11.0. The van der Waals surface area contributed by atoms with E-state index in [1.54, 1.807) is 0 Å². The van der Waals surface area contributed by atoms with Gasteiger partial charge in [-0.3, -0.25) is 9.59 Å². The standard InChI is InChI=1S/C25H30N2O6/c1-18-10-12-20(13-11-18)33-21-15-22(25(30)31-2)27(17-21)24(29)16-26-23(28)9-6-14-32-19-7-4-3-5-8-19/h3-5,7-8,10-13,21-22H,6,9,14-17H2,1-2H3,(H,26,28)/t21-,22+/m1/s1. The average Bonchev–Trinajstić information content (AvgIpc) is 3.26. The third-order valence-corrected chi connectivity index (χ3v) is 5.38. The number of esters is 1. The number of para-hydroxylation sites is 1. The Morgan fingerprint density at radius 1 is 1.03 bits per heavy atom. The predicted molar refractivity (Wildman–Crippen MR) is 122 cm³/mol. The van der Waals surface area contributed by atoms with E-state index >= 15 is 0 Å². The van der Waals surface area contributed by atoms with Gasteiger partial charge in [-0.25, -0.2) is 4.79 Å². The first kappa shape index (κ1) is 24.1. The Labute approximate surface area is 193 Å². The lowest BCUT2D eigenvalue weighted by Gasteiger charge is -2.22. The molecule has 1 heterocycles. The van der Waals surface area contributed by atoms with Crippen molar-refractivity contribution in [3.8, 4) is 11.5 Å². The normalized spacial score (nSPS) is 17.3. The van der Waals surface area contributed by atoms with Crippen molar-refractivity contribution in [1.29, 1.82) is 0 Å². The van der Waals surface area contributed by atoms with Crippen molar-refractivity contribution in [3.63, 3.8) is 0 Å². The van der Waals surface area contributed by atoms with Gasteiger partial charge in [-0.15, -0.1) is 0 Å². The van der Waals surface area contributed by atoms with Gasteiger partial charge in [-0.2, -0.15) is 0 Å². The monoisotopic (exact) mass is 454 g/mol. The Morgan fingerprint density at radius 3 is 2.45 bits per heavy atom. The maximum Gasteiger partial charge on any atom is 0.328 e. The molecule has 0 aliphatic carbocycles. The summed E-state index contributed by atoms with van der Waals surface area (Å²) in [6.07, 6.45) is 0.749. The molecule has 8 heteroatoms. The van der Waals surface area contributed by atoms with Gasteiger partial charge in [0.25, 0.3) is 0 Å². The predicted octanol–water partition coefficient (Wildman–Crippen LogP) is 2.49. The molecule has 0 radical (unpaired) electrons. The van der Waals surface area contributed by atoms with E-state index in [0.717, 1.165) is 11.3 Å². The zero-order valence-corrected chi connectivity index (χ0v) is 19.0. The molecule has 3 rings (SSSR count). The highest BCUT2D eigenvalue weighted by atomic mass is 16.5. The number of carbonyl (C=O) groups is 3.